The van der Waals surface area contributed by atoms with Crippen LogP contribution in [0.5, 0.6) is 0 Å². The molecule has 0 heterocycles. The zero-order valence-electron chi connectivity index (χ0n) is 6.24. The summed E-state index contributed by atoms with van der Waals surface area (Å²) in [5, 5.41) is 19.9. The average Bonchev–Trinajstić information content (AvgIpc) is 2.17. The largest absolute Gasteiger partial charge is 0.410 e. The van der Waals surface area contributed by atoms with Crippen LogP contribution in [0.4, 0.5) is 0 Å². The maximum Gasteiger partial charge on any atom is 0.175 e. The van der Waals surface area contributed by atoms with E-state index >= 15 is 0 Å². The van der Waals surface area contributed by atoms with Crippen LogP contribution in [0.1, 0.15) is 11.1 Å². The molecular formula is C8H8ClNO2. The standard InChI is InChI=1S/C8H8ClNO2/c9-8(10-12)7-3-1-6(5-11)2-4-7/h1-4,11-12H,5H2/b10-8+. The second kappa shape index (κ2) is 4.09. The molecule has 0 spiro atoms. The Labute approximate surface area is 74.9 Å². The van der Waals surface area contributed by atoms with Gasteiger partial charge in [0.05, 0.1) is 6.61 Å². The van der Waals surface area contributed by atoms with E-state index in [1.165, 1.54) is 0 Å². The summed E-state index contributed by atoms with van der Waals surface area (Å²) in [6, 6.07) is 6.77. The van der Waals surface area contributed by atoms with E-state index in [0.29, 0.717) is 5.56 Å². The molecular weight excluding hydrogens is 178 g/mol. The van der Waals surface area contributed by atoms with Gasteiger partial charge in [-0.1, -0.05) is 41.0 Å². The molecule has 4 heteroatoms. The van der Waals surface area contributed by atoms with Crippen molar-refractivity contribution in [1.82, 2.24) is 0 Å². The Morgan fingerprint density at radius 3 is 2.33 bits per heavy atom. The molecule has 0 radical (unpaired) electrons. The van der Waals surface area contributed by atoms with Gasteiger partial charge in [-0.25, -0.2) is 0 Å². The van der Waals surface area contributed by atoms with Gasteiger partial charge in [0.25, 0.3) is 0 Å². The summed E-state index contributed by atoms with van der Waals surface area (Å²) < 4.78 is 0. The van der Waals surface area contributed by atoms with Gasteiger partial charge in [0, 0.05) is 5.56 Å². The molecule has 0 aliphatic heterocycles. The summed E-state index contributed by atoms with van der Waals surface area (Å²) >= 11 is 5.52. The first kappa shape index (κ1) is 9.03. The first-order valence-corrected chi connectivity index (χ1v) is 3.73. The van der Waals surface area contributed by atoms with Gasteiger partial charge in [-0.3, -0.25) is 0 Å². The van der Waals surface area contributed by atoms with Crippen LogP contribution in [0.3, 0.4) is 0 Å². The molecule has 0 atom stereocenters. The molecule has 64 valence electrons. The third kappa shape index (κ3) is 1.96. The van der Waals surface area contributed by atoms with Gasteiger partial charge >= 0.3 is 0 Å². The van der Waals surface area contributed by atoms with Gasteiger partial charge in [0.1, 0.15) is 0 Å². The monoisotopic (exact) mass is 185 g/mol. The Morgan fingerprint density at radius 2 is 1.92 bits per heavy atom. The second-order valence-corrected chi connectivity index (χ2v) is 2.60. The maximum atomic E-state index is 8.71. The van der Waals surface area contributed by atoms with Gasteiger partial charge in [0.15, 0.2) is 5.17 Å². The molecule has 12 heavy (non-hydrogen) atoms. The second-order valence-electron chi connectivity index (χ2n) is 2.25. The molecule has 0 unspecified atom stereocenters. The molecule has 0 saturated carbocycles. The molecule has 0 aliphatic rings. The quantitative estimate of drug-likeness (QED) is 0.417. The maximum absolute atomic E-state index is 8.71. The minimum Gasteiger partial charge on any atom is -0.410 e. The summed E-state index contributed by atoms with van der Waals surface area (Å²) in [6.07, 6.45) is 0. The topological polar surface area (TPSA) is 52.8 Å². The van der Waals surface area contributed by atoms with E-state index in [4.69, 9.17) is 21.9 Å². The Hall–Kier alpha value is -1.06. The number of aliphatic hydroxyl groups is 1. The molecule has 2 N–H and O–H groups in total. The normalized spacial score (nSPS) is 11.7. The fourth-order valence-electron chi connectivity index (χ4n) is 0.805. The third-order valence-corrected chi connectivity index (χ3v) is 1.76. The summed E-state index contributed by atoms with van der Waals surface area (Å²) in [5.41, 5.74) is 1.41. The van der Waals surface area contributed by atoms with E-state index in [0.717, 1.165) is 5.56 Å². The van der Waals surface area contributed by atoms with Crippen LogP contribution in [0.25, 0.3) is 0 Å². The van der Waals surface area contributed by atoms with Crippen LogP contribution >= 0.6 is 11.6 Å². The number of hydrogen-bond donors (Lipinski definition) is 2. The van der Waals surface area contributed by atoms with Gasteiger partial charge in [-0.05, 0) is 5.56 Å². The average molecular weight is 186 g/mol. The van der Waals surface area contributed by atoms with E-state index in [1.54, 1.807) is 24.3 Å². The van der Waals surface area contributed by atoms with Crippen molar-refractivity contribution in [3.63, 3.8) is 0 Å². The fourth-order valence-corrected chi connectivity index (χ4v) is 0.931. The fraction of sp³-hybridized carbons (Fsp3) is 0.125. The first-order chi connectivity index (χ1) is 5.77. The van der Waals surface area contributed by atoms with Crippen molar-refractivity contribution in [2.75, 3.05) is 0 Å². The van der Waals surface area contributed by atoms with Crippen LogP contribution in [0, 0.1) is 0 Å². The Kier molecular flexibility index (Phi) is 3.08. The Bertz CT molecular complexity index is 282. The number of oxime groups is 1. The molecule has 0 saturated heterocycles. The number of rotatable bonds is 2. The first-order valence-electron chi connectivity index (χ1n) is 3.35. The molecule has 0 amide bonds. The SMILES string of the molecule is OCc1ccc(/C(Cl)=N\O)cc1. The molecule has 0 aromatic heterocycles. The van der Waals surface area contributed by atoms with Crippen molar-refractivity contribution in [1.29, 1.82) is 0 Å². The van der Waals surface area contributed by atoms with Crippen LogP contribution in [-0.2, 0) is 6.61 Å². The minimum atomic E-state index is -0.00579. The van der Waals surface area contributed by atoms with E-state index < -0.39 is 0 Å². The van der Waals surface area contributed by atoms with Crippen molar-refractivity contribution in [3.05, 3.63) is 35.4 Å². The predicted molar refractivity (Wildman–Crippen MR) is 46.5 cm³/mol. The lowest BCUT2D eigenvalue weighted by atomic mass is 10.1. The van der Waals surface area contributed by atoms with E-state index in [9.17, 15) is 0 Å². The van der Waals surface area contributed by atoms with Crippen molar-refractivity contribution < 1.29 is 10.3 Å². The van der Waals surface area contributed by atoms with Crippen molar-refractivity contribution >= 4 is 16.8 Å². The number of hydrogen-bond acceptors (Lipinski definition) is 3. The number of nitrogens with zero attached hydrogens (tertiary/aromatic N) is 1. The molecule has 0 fully saturated rings. The zero-order valence-corrected chi connectivity index (χ0v) is 6.99. The van der Waals surface area contributed by atoms with Crippen LogP contribution in [0.15, 0.2) is 29.4 Å². The summed E-state index contributed by atoms with van der Waals surface area (Å²) in [6.45, 7) is -0.00579. The van der Waals surface area contributed by atoms with Crippen molar-refractivity contribution in [3.8, 4) is 0 Å². The summed E-state index contributed by atoms with van der Waals surface area (Å²) in [7, 11) is 0. The molecule has 1 aromatic carbocycles. The van der Waals surface area contributed by atoms with Gasteiger partial charge in [0.2, 0.25) is 0 Å². The highest BCUT2D eigenvalue weighted by Gasteiger charge is 1.98. The van der Waals surface area contributed by atoms with E-state index in [-0.39, 0.29) is 11.8 Å². The highest BCUT2D eigenvalue weighted by atomic mass is 35.5. The summed E-state index contributed by atoms with van der Waals surface area (Å²) in [4.78, 5) is 0. The Balaban J connectivity index is 2.92. The number of benzene rings is 1. The molecule has 1 aromatic rings. The lowest BCUT2D eigenvalue weighted by molar-refractivity contribution is 0.282. The van der Waals surface area contributed by atoms with E-state index in [1.807, 2.05) is 0 Å². The Morgan fingerprint density at radius 1 is 1.33 bits per heavy atom. The molecule has 3 nitrogen and oxygen atoms in total. The van der Waals surface area contributed by atoms with Gasteiger partial charge < -0.3 is 10.3 Å². The van der Waals surface area contributed by atoms with Crippen LogP contribution in [-0.4, -0.2) is 15.5 Å². The third-order valence-electron chi connectivity index (χ3n) is 1.46. The van der Waals surface area contributed by atoms with E-state index in [2.05, 4.69) is 5.16 Å². The summed E-state index contributed by atoms with van der Waals surface area (Å²) in [5.74, 6) is 0. The minimum absolute atomic E-state index is 0.00579. The highest BCUT2D eigenvalue weighted by Crippen LogP contribution is 2.07. The predicted octanol–water partition coefficient (Wildman–Crippen LogP) is 1.55. The molecule has 1 rings (SSSR count). The zero-order chi connectivity index (χ0) is 8.97. The van der Waals surface area contributed by atoms with Gasteiger partial charge in [-0.2, -0.15) is 0 Å². The molecule has 0 bridgehead atoms. The van der Waals surface area contributed by atoms with Gasteiger partial charge in [-0.15, -0.1) is 0 Å². The number of halogens is 1. The smallest absolute Gasteiger partial charge is 0.175 e. The lowest BCUT2D eigenvalue weighted by Crippen LogP contribution is -1.91. The lowest BCUT2D eigenvalue weighted by Gasteiger charge is -1.97. The highest BCUT2D eigenvalue weighted by molar-refractivity contribution is 6.69. The van der Waals surface area contributed by atoms with Crippen LogP contribution < -0.4 is 0 Å². The van der Waals surface area contributed by atoms with Crippen LogP contribution in [0.2, 0.25) is 0 Å². The van der Waals surface area contributed by atoms with Crippen molar-refractivity contribution in [2.45, 2.75) is 6.61 Å². The number of aliphatic hydroxyl groups excluding tert-OH is 1. The molecule has 0 aliphatic carbocycles. The van der Waals surface area contributed by atoms with Crippen molar-refractivity contribution in [2.24, 2.45) is 5.16 Å².